The molecule has 0 amide bonds. The van der Waals surface area contributed by atoms with Crippen molar-refractivity contribution in [1.29, 1.82) is 0 Å². The number of aromatic nitrogens is 2. The van der Waals surface area contributed by atoms with E-state index in [1.807, 2.05) is 16.9 Å². The zero-order chi connectivity index (χ0) is 8.39. The van der Waals surface area contributed by atoms with Crippen LogP contribution in [0.15, 0.2) is 12.3 Å². The minimum Gasteiger partial charge on any atom is -0.325 e. The normalized spacial score (nSPS) is 23.2. The van der Waals surface area contributed by atoms with E-state index in [4.69, 9.17) is 5.73 Å². The zero-order valence-electron chi connectivity index (χ0n) is 7.03. The summed E-state index contributed by atoms with van der Waals surface area (Å²) in [6.07, 6.45) is 2.98. The monoisotopic (exact) mass is 166 g/mol. The molecule has 4 nitrogen and oxygen atoms in total. The molecule has 12 heavy (non-hydrogen) atoms. The molecule has 1 aromatic rings. The summed E-state index contributed by atoms with van der Waals surface area (Å²) in [6, 6.07) is 2.50. The summed E-state index contributed by atoms with van der Waals surface area (Å²) in [4.78, 5) is 0. The molecule has 1 atom stereocenters. The lowest BCUT2D eigenvalue weighted by Crippen LogP contribution is -2.18. The lowest BCUT2D eigenvalue weighted by atomic mass is 10.2. The fourth-order valence-corrected chi connectivity index (χ4v) is 1.68. The number of nitrogens with two attached hydrogens (primary N) is 1. The third-order valence-electron chi connectivity index (χ3n) is 2.34. The van der Waals surface area contributed by atoms with Gasteiger partial charge in [-0.1, -0.05) is 0 Å². The van der Waals surface area contributed by atoms with Gasteiger partial charge in [0.2, 0.25) is 0 Å². The molecule has 3 N–H and O–H groups in total. The molecule has 1 saturated heterocycles. The quantitative estimate of drug-likeness (QED) is 0.644. The summed E-state index contributed by atoms with van der Waals surface area (Å²) >= 11 is 0. The number of rotatable bonds is 2. The molecule has 1 unspecified atom stereocenters. The molecule has 1 fully saturated rings. The van der Waals surface area contributed by atoms with E-state index in [1.165, 1.54) is 0 Å². The zero-order valence-corrected chi connectivity index (χ0v) is 7.03. The lowest BCUT2D eigenvalue weighted by Gasteiger charge is -2.11. The van der Waals surface area contributed by atoms with Gasteiger partial charge >= 0.3 is 0 Å². The first kappa shape index (κ1) is 7.76. The van der Waals surface area contributed by atoms with Crippen LogP contribution in [0.3, 0.4) is 0 Å². The van der Waals surface area contributed by atoms with Crippen LogP contribution >= 0.6 is 0 Å². The topological polar surface area (TPSA) is 55.9 Å². The highest BCUT2D eigenvalue weighted by atomic mass is 15.3. The van der Waals surface area contributed by atoms with Crippen molar-refractivity contribution < 1.29 is 0 Å². The van der Waals surface area contributed by atoms with E-state index in [0.717, 1.165) is 25.2 Å². The highest BCUT2D eigenvalue weighted by molar-refractivity contribution is 5.02. The highest BCUT2D eigenvalue weighted by Gasteiger charge is 2.18. The van der Waals surface area contributed by atoms with Crippen molar-refractivity contribution in [3.05, 3.63) is 18.0 Å². The fourth-order valence-electron chi connectivity index (χ4n) is 1.68. The summed E-state index contributed by atoms with van der Waals surface area (Å²) in [5.41, 5.74) is 6.71. The van der Waals surface area contributed by atoms with E-state index < -0.39 is 0 Å². The Hall–Kier alpha value is -0.870. The van der Waals surface area contributed by atoms with Gasteiger partial charge < -0.3 is 11.1 Å². The van der Waals surface area contributed by atoms with Gasteiger partial charge in [-0.3, -0.25) is 4.68 Å². The standard InChI is InChI=1S/C8H14N4/c9-5-7-2-4-11-12(7)8-1-3-10-6-8/h2,4,8,10H,1,3,5-6,9H2. The van der Waals surface area contributed by atoms with Crippen LogP contribution < -0.4 is 11.1 Å². The van der Waals surface area contributed by atoms with Crippen LogP contribution in [-0.2, 0) is 6.54 Å². The van der Waals surface area contributed by atoms with Crippen LogP contribution in [0.2, 0.25) is 0 Å². The van der Waals surface area contributed by atoms with Crippen molar-refractivity contribution in [1.82, 2.24) is 15.1 Å². The lowest BCUT2D eigenvalue weighted by molar-refractivity contribution is 0.472. The molecule has 0 spiro atoms. The van der Waals surface area contributed by atoms with Gasteiger partial charge in [0.05, 0.1) is 11.7 Å². The van der Waals surface area contributed by atoms with Crippen molar-refractivity contribution in [2.75, 3.05) is 13.1 Å². The van der Waals surface area contributed by atoms with Gasteiger partial charge in [-0.15, -0.1) is 0 Å². The smallest absolute Gasteiger partial charge is 0.0659 e. The largest absolute Gasteiger partial charge is 0.325 e. The Morgan fingerprint density at radius 3 is 3.33 bits per heavy atom. The molecule has 0 bridgehead atoms. The second-order valence-electron chi connectivity index (χ2n) is 3.12. The average Bonchev–Trinajstić information content (AvgIpc) is 2.74. The average molecular weight is 166 g/mol. The fraction of sp³-hybridized carbons (Fsp3) is 0.625. The van der Waals surface area contributed by atoms with Crippen molar-refractivity contribution >= 4 is 0 Å². The third-order valence-corrected chi connectivity index (χ3v) is 2.34. The van der Waals surface area contributed by atoms with Gasteiger partial charge in [0.15, 0.2) is 0 Å². The van der Waals surface area contributed by atoms with Gasteiger partial charge in [-0.2, -0.15) is 5.10 Å². The maximum atomic E-state index is 5.58. The van der Waals surface area contributed by atoms with Crippen LogP contribution in [0, 0.1) is 0 Å². The number of hydrogen-bond donors (Lipinski definition) is 2. The minimum atomic E-state index is 0.513. The molecule has 1 aromatic heterocycles. The van der Waals surface area contributed by atoms with Crippen molar-refractivity contribution in [3.8, 4) is 0 Å². The number of hydrogen-bond acceptors (Lipinski definition) is 3. The van der Waals surface area contributed by atoms with E-state index in [2.05, 4.69) is 10.4 Å². The van der Waals surface area contributed by atoms with E-state index >= 15 is 0 Å². The summed E-state index contributed by atoms with van der Waals surface area (Å²) in [5.74, 6) is 0. The second-order valence-corrected chi connectivity index (χ2v) is 3.12. The number of nitrogens with one attached hydrogen (secondary N) is 1. The maximum absolute atomic E-state index is 5.58. The van der Waals surface area contributed by atoms with Crippen LogP contribution in [0.5, 0.6) is 0 Å². The molecule has 0 saturated carbocycles. The Morgan fingerprint density at radius 2 is 2.67 bits per heavy atom. The predicted molar refractivity (Wildman–Crippen MR) is 46.6 cm³/mol. The Balaban J connectivity index is 2.19. The molecule has 0 aromatic carbocycles. The van der Waals surface area contributed by atoms with Crippen LogP contribution in [-0.4, -0.2) is 22.9 Å². The van der Waals surface area contributed by atoms with Crippen LogP contribution in [0.4, 0.5) is 0 Å². The first-order valence-electron chi connectivity index (χ1n) is 4.35. The maximum Gasteiger partial charge on any atom is 0.0659 e. The summed E-state index contributed by atoms with van der Waals surface area (Å²) in [7, 11) is 0. The SMILES string of the molecule is NCc1ccnn1C1CCNC1. The van der Waals surface area contributed by atoms with Gasteiger partial charge in [0.1, 0.15) is 0 Å². The van der Waals surface area contributed by atoms with E-state index in [9.17, 15) is 0 Å². The minimum absolute atomic E-state index is 0.513. The van der Waals surface area contributed by atoms with Crippen LogP contribution in [0.25, 0.3) is 0 Å². The summed E-state index contributed by atoms with van der Waals surface area (Å²) in [6.45, 7) is 2.69. The molecular weight excluding hydrogens is 152 g/mol. The van der Waals surface area contributed by atoms with Crippen molar-refractivity contribution in [3.63, 3.8) is 0 Å². The van der Waals surface area contributed by atoms with E-state index in [1.54, 1.807) is 0 Å². The Kier molecular flexibility index (Phi) is 2.10. The number of nitrogens with zero attached hydrogens (tertiary/aromatic N) is 2. The predicted octanol–water partition coefficient (Wildman–Crippen LogP) is -0.124. The Bertz CT molecular complexity index is 249. The third kappa shape index (κ3) is 1.23. The molecular formula is C8H14N4. The molecule has 1 aliphatic heterocycles. The van der Waals surface area contributed by atoms with Gasteiger partial charge in [0, 0.05) is 19.3 Å². The van der Waals surface area contributed by atoms with Gasteiger partial charge in [0.25, 0.3) is 0 Å². The summed E-state index contributed by atoms with van der Waals surface area (Å²) in [5, 5.41) is 7.58. The second kappa shape index (κ2) is 3.25. The summed E-state index contributed by atoms with van der Waals surface area (Å²) < 4.78 is 2.04. The Morgan fingerprint density at radius 1 is 1.75 bits per heavy atom. The highest BCUT2D eigenvalue weighted by Crippen LogP contribution is 2.15. The molecule has 66 valence electrons. The van der Waals surface area contributed by atoms with Gasteiger partial charge in [-0.25, -0.2) is 0 Å². The van der Waals surface area contributed by atoms with Crippen molar-refractivity contribution in [2.45, 2.75) is 19.0 Å². The van der Waals surface area contributed by atoms with Gasteiger partial charge in [-0.05, 0) is 19.0 Å². The first-order chi connectivity index (χ1) is 5.92. The van der Waals surface area contributed by atoms with Crippen molar-refractivity contribution in [2.24, 2.45) is 5.73 Å². The molecule has 2 heterocycles. The molecule has 0 aliphatic carbocycles. The van der Waals surface area contributed by atoms with E-state index in [-0.39, 0.29) is 0 Å². The molecule has 4 heteroatoms. The first-order valence-corrected chi connectivity index (χ1v) is 4.35. The molecule has 0 radical (unpaired) electrons. The Labute approximate surface area is 71.7 Å². The molecule has 1 aliphatic rings. The van der Waals surface area contributed by atoms with Crippen LogP contribution in [0.1, 0.15) is 18.2 Å². The molecule has 2 rings (SSSR count). The van der Waals surface area contributed by atoms with E-state index in [0.29, 0.717) is 12.6 Å².